The molecule has 0 unspecified atom stereocenters. The number of furan rings is 4. The molecule has 2 aliphatic rings. The van der Waals surface area contributed by atoms with Crippen LogP contribution in [0.4, 0.5) is 34.1 Å². The van der Waals surface area contributed by atoms with Crippen molar-refractivity contribution < 1.29 is 17.7 Å². The van der Waals surface area contributed by atoms with Crippen LogP contribution in [0.1, 0.15) is 0 Å². The quantitative estimate of drug-likeness (QED) is 0.134. The molecule has 0 aliphatic carbocycles. The van der Waals surface area contributed by atoms with Crippen LogP contribution in [-0.2, 0) is 0 Å². The molecular weight excluding hydrogens is 1480 g/mol. The summed E-state index contributed by atoms with van der Waals surface area (Å²) in [5.41, 5.74) is 32.1. The lowest BCUT2D eigenvalue weighted by atomic mass is 9.33. The molecule has 121 heavy (non-hydrogen) atoms. The highest BCUT2D eigenvalue weighted by Gasteiger charge is 2.47. The average Bonchev–Trinajstić information content (AvgIpc) is 0.720. The zero-order chi connectivity index (χ0) is 78.8. The highest BCUT2D eigenvalue weighted by Crippen LogP contribution is 2.58. The van der Waals surface area contributed by atoms with E-state index in [1.54, 1.807) is 0 Å². The molecule has 0 spiro atoms. The van der Waals surface area contributed by atoms with Crippen LogP contribution in [0.15, 0.2) is 412 Å². The van der Waals surface area contributed by atoms with E-state index in [1.165, 1.54) is 21.5 Å². The Hall–Kier alpha value is -16.1. The number of hydrogen-bond donors (Lipinski definition) is 0. The maximum Gasteiger partial charge on any atom is 0.252 e. The van der Waals surface area contributed by atoms with E-state index in [2.05, 4.69) is 413 Å². The SMILES string of the molecule is c1cc(-c2cccc3c2oc2ccccc23)c(N2c3cc(-n4c5ccccc5c5ccccc54)ccc3B3c4ccc(-n5c6ccccc6c6ccccc65)cc4N(c4c(-c5cccc6c5oc5ccccc56)cccc4-c4cccc5c4oc4ccccc45)c4cc(-c5ccc6ccccc6c5)cc2c43)c(-c2cccc3c2oc2ccccc23)c1. The van der Waals surface area contributed by atoms with Gasteiger partial charge in [0.15, 0.2) is 0 Å². The molecule has 0 N–H and O–H groups in total. The van der Waals surface area contributed by atoms with Gasteiger partial charge in [-0.3, -0.25) is 0 Å². The monoisotopic (exact) mass is 1540 g/mol. The van der Waals surface area contributed by atoms with E-state index < -0.39 is 6.71 Å². The highest BCUT2D eigenvalue weighted by atomic mass is 16.3. The molecule has 0 saturated heterocycles. The largest absolute Gasteiger partial charge is 0.455 e. The Morgan fingerprint density at radius 2 is 0.496 bits per heavy atom. The van der Waals surface area contributed by atoms with E-state index >= 15 is 0 Å². The molecule has 8 heterocycles. The summed E-state index contributed by atoms with van der Waals surface area (Å²) in [6.07, 6.45) is 0. The lowest BCUT2D eigenvalue weighted by Crippen LogP contribution is -2.61. The molecular formula is C112H65BN4O4. The maximum atomic E-state index is 7.31. The minimum absolute atomic E-state index is 0.408. The number of anilines is 6. The normalized spacial score (nSPS) is 12.7. The minimum atomic E-state index is -0.408. The minimum Gasteiger partial charge on any atom is -0.455 e. The van der Waals surface area contributed by atoms with Gasteiger partial charge in [-0.2, -0.15) is 0 Å². The van der Waals surface area contributed by atoms with Gasteiger partial charge in [-0.25, -0.2) is 0 Å². The standard InChI is InChI=1S/C112H65BN4O4/c1-2-26-67-61-68(56-55-66(67)25-1)69-62-100-106-101(63-69)117(108-82(90-45-23-41-86-78-33-9-17-53-104(78)120-111(86)90)37-20-38-83(108)91-46-24-42-87-79-34-10-18-54-105(79)121-112(87)91)99-65-71(115-96-49-13-5-29-74(96)75-30-6-14-50-97(75)115)58-60-93(99)113(106)92-59-57-70(114-94-47-11-3-27-72(94)73-28-4-12-48-95(73)114)64-98(92)116(100)107-80(88-43-21-39-84-76-31-7-15-51-102(76)118-109(84)88)35-19-36-81(107)89-44-22-40-85-77-32-8-16-52-103(77)119-110(85)89/h1-65H. The Bertz CT molecular complexity index is 7970. The molecule has 19 aromatic carbocycles. The topological polar surface area (TPSA) is 68.9 Å². The zero-order valence-corrected chi connectivity index (χ0v) is 65.0. The van der Waals surface area contributed by atoms with Crippen LogP contribution in [-0.4, -0.2) is 15.8 Å². The van der Waals surface area contributed by atoms with E-state index in [0.29, 0.717) is 0 Å². The predicted molar refractivity (Wildman–Crippen MR) is 503 cm³/mol. The van der Waals surface area contributed by atoms with Gasteiger partial charge in [0.05, 0.1) is 33.4 Å². The summed E-state index contributed by atoms with van der Waals surface area (Å²) < 4.78 is 34.2. The first-order chi connectivity index (χ1) is 60.0. The molecule has 8 nitrogen and oxygen atoms in total. The van der Waals surface area contributed by atoms with Crippen molar-refractivity contribution in [1.29, 1.82) is 0 Å². The van der Waals surface area contributed by atoms with Crippen molar-refractivity contribution in [3.05, 3.63) is 394 Å². The van der Waals surface area contributed by atoms with Gasteiger partial charge in [0.2, 0.25) is 0 Å². The summed E-state index contributed by atoms with van der Waals surface area (Å²) >= 11 is 0. The lowest BCUT2D eigenvalue weighted by Gasteiger charge is -2.46. The number of benzene rings is 19. The van der Waals surface area contributed by atoms with Crippen LogP contribution < -0.4 is 26.2 Å². The van der Waals surface area contributed by atoms with Gasteiger partial charge in [0.25, 0.3) is 6.71 Å². The average molecular weight is 1540 g/mol. The first-order valence-corrected chi connectivity index (χ1v) is 41.5. The fourth-order valence-electron chi connectivity index (χ4n) is 20.9. The van der Waals surface area contributed by atoms with Crippen LogP contribution in [0.25, 0.3) is 209 Å². The molecule has 27 rings (SSSR count). The Morgan fingerprint density at radius 3 is 0.860 bits per heavy atom. The molecule has 0 radical (unpaired) electrons. The highest BCUT2D eigenvalue weighted by molar-refractivity contribution is 7.00. The third kappa shape index (κ3) is 9.45. The van der Waals surface area contributed by atoms with Gasteiger partial charge < -0.3 is 36.6 Å². The molecule has 9 heteroatoms. The Labute approximate surface area is 692 Å². The van der Waals surface area contributed by atoms with Gasteiger partial charge in [-0.15, -0.1) is 0 Å². The third-order valence-corrected chi connectivity index (χ3v) is 26.1. The van der Waals surface area contributed by atoms with Crippen LogP contribution in [0, 0.1) is 0 Å². The second kappa shape index (κ2) is 25.2. The van der Waals surface area contributed by atoms with Crippen molar-refractivity contribution in [3.63, 3.8) is 0 Å². The first kappa shape index (κ1) is 66.1. The summed E-state index contributed by atoms with van der Waals surface area (Å²) in [6, 6.07) is 145. The Morgan fingerprint density at radius 1 is 0.198 bits per heavy atom. The molecule has 2 aliphatic heterocycles. The number of rotatable bonds is 9. The third-order valence-electron chi connectivity index (χ3n) is 26.1. The first-order valence-electron chi connectivity index (χ1n) is 41.5. The van der Waals surface area contributed by atoms with Crippen molar-refractivity contribution in [2.75, 3.05) is 9.80 Å². The summed E-state index contributed by atoms with van der Waals surface area (Å²) in [5, 5.41) is 15.4. The second-order valence-corrected chi connectivity index (χ2v) is 32.3. The van der Waals surface area contributed by atoms with E-state index in [9.17, 15) is 0 Å². The maximum absolute atomic E-state index is 7.31. The van der Waals surface area contributed by atoms with Crippen LogP contribution >= 0.6 is 0 Å². The molecule has 0 fully saturated rings. The summed E-state index contributed by atoms with van der Waals surface area (Å²) in [6.45, 7) is -0.408. The number of hydrogen-bond acceptors (Lipinski definition) is 6. The summed E-state index contributed by atoms with van der Waals surface area (Å²) in [5.74, 6) is 0. The van der Waals surface area contributed by atoms with E-state index in [4.69, 9.17) is 17.7 Å². The fraction of sp³-hybridized carbons (Fsp3) is 0. The molecule has 0 bridgehead atoms. The smallest absolute Gasteiger partial charge is 0.252 e. The summed E-state index contributed by atoms with van der Waals surface area (Å²) in [4.78, 5) is 5.32. The van der Waals surface area contributed by atoms with E-state index in [1.807, 2.05) is 0 Å². The van der Waals surface area contributed by atoms with Gasteiger partial charge in [0.1, 0.15) is 44.7 Å². The second-order valence-electron chi connectivity index (χ2n) is 32.3. The molecule has 0 saturated carbocycles. The van der Waals surface area contributed by atoms with Crippen molar-refractivity contribution in [3.8, 4) is 67.0 Å². The van der Waals surface area contributed by atoms with Crippen LogP contribution in [0.2, 0.25) is 0 Å². The van der Waals surface area contributed by atoms with Gasteiger partial charge in [0, 0.05) is 143 Å². The number of para-hydroxylation sites is 14. The van der Waals surface area contributed by atoms with Crippen LogP contribution in [0.3, 0.4) is 0 Å². The number of fused-ring (bicyclic) bond motifs is 23. The molecule has 0 amide bonds. The van der Waals surface area contributed by atoms with Crippen LogP contribution in [0.5, 0.6) is 0 Å². The lowest BCUT2D eigenvalue weighted by molar-refractivity contribution is 0.669. The fourth-order valence-corrected chi connectivity index (χ4v) is 20.9. The predicted octanol–water partition coefficient (Wildman–Crippen LogP) is 29.0. The van der Waals surface area contributed by atoms with Gasteiger partial charge in [-0.05, 0) is 129 Å². The van der Waals surface area contributed by atoms with E-state index in [0.717, 1.165) is 238 Å². The Kier molecular flexibility index (Phi) is 13.8. The zero-order valence-electron chi connectivity index (χ0n) is 65.0. The molecule has 25 aromatic rings. The Balaban J connectivity index is 0.846. The molecule has 560 valence electrons. The molecule has 0 atom stereocenters. The molecule has 6 aromatic heterocycles. The van der Waals surface area contributed by atoms with Crippen molar-refractivity contribution in [2.24, 2.45) is 0 Å². The van der Waals surface area contributed by atoms with E-state index in [-0.39, 0.29) is 0 Å². The number of nitrogens with zero attached hydrogens (tertiary/aromatic N) is 4. The summed E-state index contributed by atoms with van der Waals surface area (Å²) in [7, 11) is 0. The van der Waals surface area contributed by atoms with Crippen molar-refractivity contribution >= 4 is 199 Å². The number of aromatic nitrogens is 2. The van der Waals surface area contributed by atoms with Gasteiger partial charge >= 0.3 is 0 Å². The van der Waals surface area contributed by atoms with Gasteiger partial charge in [-0.1, -0.05) is 303 Å². The van der Waals surface area contributed by atoms with Crippen molar-refractivity contribution in [2.45, 2.75) is 0 Å². The van der Waals surface area contributed by atoms with Crippen molar-refractivity contribution in [1.82, 2.24) is 9.13 Å².